The van der Waals surface area contributed by atoms with Crippen LogP contribution in [-0.4, -0.2) is 12.0 Å². The molecular weight excluding hydrogens is 267 g/mol. The molecule has 2 aromatic rings. The summed E-state index contributed by atoms with van der Waals surface area (Å²) in [7, 11) is 1.93. The summed E-state index contributed by atoms with van der Waals surface area (Å²) in [6.45, 7) is 0. The second-order valence-corrected chi connectivity index (χ2v) is 4.91. The summed E-state index contributed by atoms with van der Waals surface area (Å²) in [5.74, 6) is 0. The molecule has 0 aliphatic carbocycles. The first kappa shape index (κ1) is 13.3. The highest BCUT2D eigenvalue weighted by atomic mass is 35.5. The first-order valence-electron chi connectivity index (χ1n) is 5.72. The Kier molecular flexibility index (Phi) is 4.59. The molecule has 1 aromatic carbocycles. The predicted molar refractivity (Wildman–Crippen MR) is 76.2 cm³/mol. The van der Waals surface area contributed by atoms with Gasteiger partial charge in [0.2, 0.25) is 0 Å². The fourth-order valence-electron chi connectivity index (χ4n) is 1.88. The maximum Gasteiger partial charge on any atom is 0.0453 e. The van der Waals surface area contributed by atoms with Crippen molar-refractivity contribution in [2.24, 2.45) is 0 Å². The Bertz CT molecular complexity index is 514. The lowest BCUT2D eigenvalue weighted by atomic mass is 10.0. The summed E-state index contributed by atoms with van der Waals surface area (Å²) in [6, 6.07) is 9.77. The van der Waals surface area contributed by atoms with E-state index in [1.807, 2.05) is 31.4 Å². The molecule has 1 aromatic heterocycles. The molecule has 1 N–H and O–H groups in total. The number of hydrogen-bond acceptors (Lipinski definition) is 2. The summed E-state index contributed by atoms with van der Waals surface area (Å²) in [5.41, 5.74) is 2.22. The molecule has 0 spiro atoms. The van der Waals surface area contributed by atoms with Crippen molar-refractivity contribution in [1.82, 2.24) is 10.3 Å². The number of rotatable bonds is 4. The molecule has 1 unspecified atom stereocenters. The zero-order valence-corrected chi connectivity index (χ0v) is 11.5. The summed E-state index contributed by atoms with van der Waals surface area (Å²) in [6.07, 6.45) is 4.44. The smallest absolute Gasteiger partial charge is 0.0453 e. The molecular formula is C14H14Cl2N2. The van der Waals surface area contributed by atoms with Gasteiger partial charge in [-0.25, -0.2) is 0 Å². The topological polar surface area (TPSA) is 24.9 Å². The van der Waals surface area contributed by atoms with Crippen LogP contribution in [0.15, 0.2) is 42.7 Å². The van der Waals surface area contributed by atoms with Gasteiger partial charge in [0.05, 0.1) is 0 Å². The largest absolute Gasteiger partial charge is 0.313 e. The quantitative estimate of drug-likeness (QED) is 0.919. The lowest BCUT2D eigenvalue weighted by Gasteiger charge is -2.17. The third-order valence-electron chi connectivity index (χ3n) is 2.87. The fourth-order valence-corrected chi connectivity index (χ4v) is 2.36. The van der Waals surface area contributed by atoms with Crippen molar-refractivity contribution in [2.75, 3.05) is 7.05 Å². The van der Waals surface area contributed by atoms with Crippen LogP contribution in [0.2, 0.25) is 10.0 Å². The molecule has 1 heterocycles. The summed E-state index contributed by atoms with van der Waals surface area (Å²) in [4.78, 5) is 4.14. The monoisotopic (exact) mass is 280 g/mol. The number of nitrogens with one attached hydrogen (secondary N) is 1. The number of pyridine rings is 1. The molecule has 2 nitrogen and oxygen atoms in total. The molecule has 94 valence electrons. The van der Waals surface area contributed by atoms with Gasteiger partial charge in [-0.3, -0.25) is 4.98 Å². The van der Waals surface area contributed by atoms with E-state index in [9.17, 15) is 0 Å². The summed E-state index contributed by atoms with van der Waals surface area (Å²) >= 11 is 12.1. The molecule has 0 radical (unpaired) electrons. The van der Waals surface area contributed by atoms with Gasteiger partial charge in [-0.2, -0.15) is 0 Å². The summed E-state index contributed by atoms with van der Waals surface area (Å²) in [5, 5.41) is 4.64. The van der Waals surface area contributed by atoms with Crippen LogP contribution in [0.3, 0.4) is 0 Å². The fraction of sp³-hybridized carbons (Fsp3) is 0.214. The van der Waals surface area contributed by atoms with Crippen molar-refractivity contribution >= 4 is 23.2 Å². The zero-order valence-electron chi connectivity index (χ0n) is 10.0. The SMILES string of the molecule is CNC(Cc1ccc(Cl)cc1Cl)c1cccnc1. The molecule has 0 amide bonds. The van der Waals surface area contributed by atoms with E-state index in [0.717, 1.165) is 17.5 Å². The van der Waals surface area contributed by atoms with Crippen molar-refractivity contribution in [3.63, 3.8) is 0 Å². The van der Waals surface area contributed by atoms with Gasteiger partial charge in [-0.05, 0) is 42.8 Å². The number of nitrogens with zero attached hydrogens (tertiary/aromatic N) is 1. The maximum absolute atomic E-state index is 6.19. The van der Waals surface area contributed by atoms with Crippen molar-refractivity contribution in [2.45, 2.75) is 12.5 Å². The zero-order chi connectivity index (χ0) is 13.0. The minimum absolute atomic E-state index is 0.192. The Balaban J connectivity index is 2.21. The number of benzene rings is 1. The average Bonchev–Trinajstić information content (AvgIpc) is 2.39. The number of likely N-dealkylation sites (N-methyl/N-ethyl adjacent to an activating group) is 1. The second kappa shape index (κ2) is 6.19. The molecule has 0 saturated heterocycles. The molecule has 2 rings (SSSR count). The van der Waals surface area contributed by atoms with Crippen LogP contribution in [0.5, 0.6) is 0 Å². The third kappa shape index (κ3) is 3.22. The van der Waals surface area contributed by atoms with Gasteiger partial charge < -0.3 is 5.32 Å². The van der Waals surface area contributed by atoms with Gasteiger partial charge in [0.15, 0.2) is 0 Å². The van der Waals surface area contributed by atoms with Gasteiger partial charge >= 0.3 is 0 Å². The standard InChI is InChI=1S/C14H14Cl2N2/c1-17-14(11-3-2-6-18-9-11)7-10-4-5-12(15)8-13(10)16/h2-6,8-9,14,17H,7H2,1H3. The highest BCUT2D eigenvalue weighted by Gasteiger charge is 2.12. The first-order valence-corrected chi connectivity index (χ1v) is 6.47. The Hall–Kier alpha value is -1.09. The van der Waals surface area contributed by atoms with E-state index in [2.05, 4.69) is 16.4 Å². The van der Waals surface area contributed by atoms with E-state index in [1.165, 1.54) is 0 Å². The highest BCUT2D eigenvalue weighted by molar-refractivity contribution is 6.35. The van der Waals surface area contributed by atoms with Crippen LogP contribution in [0.1, 0.15) is 17.2 Å². The lowest BCUT2D eigenvalue weighted by molar-refractivity contribution is 0.590. The van der Waals surface area contributed by atoms with E-state index in [1.54, 1.807) is 12.3 Å². The molecule has 1 atom stereocenters. The number of hydrogen-bond donors (Lipinski definition) is 1. The minimum Gasteiger partial charge on any atom is -0.313 e. The third-order valence-corrected chi connectivity index (χ3v) is 3.46. The van der Waals surface area contributed by atoms with Crippen LogP contribution in [0, 0.1) is 0 Å². The average molecular weight is 281 g/mol. The molecule has 0 saturated carbocycles. The van der Waals surface area contributed by atoms with Crippen molar-refractivity contribution in [3.8, 4) is 0 Å². The molecule has 4 heteroatoms. The van der Waals surface area contributed by atoms with E-state index >= 15 is 0 Å². The van der Waals surface area contributed by atoms with E-state index in [0.29, 0.717) is 10.0 Å². The number of halogens is 2. The van der Waals surface area contributed by atoms with Crippen LogP contribution in [-0.2, 0) is 6.42 Å². The molecule has 0 fully saturated rings. The Morgan fingerprint density at radius 3 is 2.72 bits per heavy atom. The maximum atomic E-state index is 6.19. The van der Waals surface area contributed by atoms with Crippen molar-refractivity contribution in [1.29, 1.82) is 0 Å². The Morgan fingerprint density at radius 2 is 2.11 bits per heavy atom. The number of aromatic nitrogens is 1. The molecule has 0 aliphatic heterocycles. The lowest BCUT2D eigenvalue weighted by Crippen LogP contribution is -2.19. The Labute approximate surface area is 117 Å². The van der Waals surface area contributed by atoms with Gasteiger partial charge in [-0.1, -0.05) is 35.3 Å². The van der Waals surface area contributed by atoms with Crippen molar-refractivity contribution < 1.29 is 0 Å². The van der Waals surface area contributed by atoms with Crippen LogP contribution >= 0.6 is 23.2 Å². The molecule has 0 aliphatic rings. The molecule has 18 heavy (non-hydrogen) atoms. The summed E-state index contributed by atoms with van der Waals surface area (Å²) < 4.78 is 0. The second-order valence-electron chi connectivity index (χ2n) is 4.07. The van der Waals surface area contributed by atoms with Gasteiger partial charge in [0.25, 0.3) is 0 Å². The Morgan fingerprint density at radius 1 is 1.28 bits per heavy atom. The minimum atomic E-state index is 0.192. The van der Waals surface area contributed by atoms with Crippen LogP contribution < -0.4 is 5.32 Å². The van der Waals surface area contributed by atoms with E-state index in [4.69, 9.17) is 23.2 Å². The van der Waals surface area contributed by atoms with E-state index < -0.39 is 0 Å². The predicted octanol–water partition coefficient (Wildman–Crippen LogP) is 3.89. The normalized spacial score (nSPS) is 12.4. The van der Waals surface area contributed by atoms with Gasteiger partial charge in [0.1, 0.15) is 0 Å². The first-order chi connectivity index (χ1) is 8.70. The van der Waals surface area contributed by atoms with E-state index in [-0.39, 0.29) is 6.04 Å². The van der Waals surface area contributed by atoms with Crippen LogP contribution in [0.4, 0.5) is 0 Å². The highest BCUT2D eigenvalue weighted by Crippen LogP contribution is 2.25. The van der Waals surface area contributed by atoms with Gasteiger partial charge in [0, 0.05) is 28.5 Å². The van der Waals surface area contributed by atoms with Gasteiger partial charge in [-0.15, -0.1) is 0 Å². The molecule has 0 bridgehead atoms. The van der Waals surface area contributed by atoms with Crippen molar-refractivity contribution in [3.05, 3.63) is 63.9 Å². The van der Waals surface area contributed by atoms with Crippen LogP contribution in [0.25, 0.3) is 0 Å².